The molecule has 2 unspecified atom stereocenters. The molecule has 2 atom stereocenters. The molecule has 1 aliphatic rings. The van der Waals surface area contributed by atoms with E-state index < -0.39 is 0 Å². The lowest BCUT2D eigenvalue weighted by Crippen LogP contribution is -2.37. The highest BCUT2D eigenvalue weighted by atomic mass is 79.9. The maximum Gasteiger partial charge on any atom is 0.0212 e. The van der Waals surface area contributed by atoms with E-state index in [4.69, 9.17) is 0 Å². The zero-order valence-electron chi connectivity index (χ0n) is 11.2. The summed E-state index contributed by atoms with van der Waals surface area (Å²) in [6.07, 6.45) is 1.32. The topological polar surface area (TPSA) is 12.0 Å². The summed E-state index contributed by atoms with van der Waals surface area (Å²) in [5.41, 5.74) is 3.04. The van der Waals surface area contributed by atoms with Gasteiger partial charge in [-0.15, -0.1) is 0 Å². The molecule has 2 rings (SSSR count). The van der Waals surface area contributed by atoms with Gasteiger partial charge >= 0.3 is 0 Å². The van der Waals surface area contributed by atoms with Gasteiger partial charge in [0.15, 0.2) is 0 Å². The van der Waals surface area contributed by atoms with Crippen LogP contribution in [0.1, 0.15) is 44.2 Å². The summed E-state index contributed by atoms with van der Waals surface area (Å²) in [6, 6.07) is 6.72. The van der Waals surface area contributed by atoms with Gasteiger partial charge in [0.05, 0.1) is 0 Å². The minimum absolute atomic E-state index is 0.234. The molecule has 0 amide bonds. The van der Waals surface area contributed by atoms with E-state index in [2.05, 4.69) is 67.1 Å². The van der Waals surface area contributed by atoms with Crippen LogP contribution < -0.4 is 5.32 Å². The lowest BCUT2D eigenvalue weighted by molar-refractivity contribution is 0.414. The normalized spacial score (nSPS) is 23.8. The molecule has 0 aliphatic heterocycles. The number of aryl methyl sites for hydroxylation is 1. The van der Waals surface area contributed by atoms with E-state index in [-0.39, 0.29) is 5.54 Å². The Labute approximate surface area is 113 Å². The third kappa shape index (κ3) is 3.56. The number of benzene rings is 1. The molecule has 0 saturated heterocycles. The van der Waals surface area contributed by atoms with Gasteiger partial charge in [0.2, 0.25) is 0 Å². The van der Waals surface area contributed by atoms with Crippen LogP contribution in [0.15, 0.2) is 22.7 Å². The number of hydrogen-bond acceptors (Lipinski definition) is 1. The van der Waals surface area contributed by atoms with Crippen molar-refractivity contribution >= 4 is 15.9 Å². The summed E-state index contributed by atoms with van der Waals surface area (Å²) in [5, 5.41) is 3.60. The van der Waals surface area contributed by atoms with E-state index in [9.17, 15) is 0 Å². The van der Waals surface area contributed by atoms with Crippen LogP contribution in [0.4, 0.5) is 0 Å². The van der Waals surface area contributed by atoms with Crippen molar-refractivity contribution in [3.63, 3.8) is 0 Å². The number of nitrogens with one attached hydrogen (secondary N) is 1. The van der Waals surface area contributed by atoms with Gasteiger partial charge in [-0.2, -0.15) is 0 Å². The summed E-state index contributed by atoms with van der Waals surface area (Å²) >= 11 is 3.69. The van der Waals surface area contributed by atoms with Gasteiger partial charge in [0.25, 0.3) is 0 Å². The van der Waals surface area contributed by atoms with Crippen LogP contribution in [0.3, 0.4) is 0 Å². The highest BCUT2D eigenvalue weighted by molar-refractivity contribution is 9.10. The van der Waals surface area contributed by atoms with Gasteiger partial charge in [-0.25, -0.2) is 0 Å². The standard InChI is InChI=1S/C15H22BrN/c1-10-5-6-12(14(16)7-10)13-8-11(13)9-17-15(2,3)4/h5-7,11,13,17H,8-9H2,1-4H3. The maximum absolute atomic E-state index is 3.69. The van der Waals surface area contributed by atoms with Crippen LogP contribution in [0.5, 0.6) is 0 Å². The second-order valence-electron chi connectivity index (χ2n) is 6.26. The van der Waals surface area contributed by atoms with Crippen molar-refractivity contribution in [3.8, 4) is 0 Å². The zero-order chi connectivity index (χ0) is 12.6. The Morgan fingerprint density at radius 1 is 1.35 bits per heavy atom. The fraction of sp³-hybridized carbons (Fsp3) is 0.600. The quantitative estimate of drug-likeness (QED) is 0.879. The van der Waals surface area contributed by atoms with E-state index in [1.54, 1.807) is 0 Å². The Hall–Kier alpha value is -0.340. The molecule has 1 aromatic carbocycles. The molecule has 0 aromatic heterocycles. The predicted octanol–water partition coefficient (Wildman–Crippen LogP) is 4.25. The van der Waals surface area contributed by atoms with Crippen molar-refractivity contribution in [2.45, 2.75) is 45.6 Å². The largest absolute Gasteiger partial charge is 0.312 e. The van der Waals surface area contributed by atoms with Gasteiger partial charge in [-0.3, -0.25) is 0 Å². The fourth-order valence-corrected chi connectivity index (χ4v) is 3.01. The molecular weight excluding hydrogens is 274 g/mol. The highest BCUT2D eigenvalue weighted by Gasteiger charge is 2.39. The summed E-state index contributed by atoms with van der Waals surface area (Å²) in [4.78, 5) is 0. The van der Waals surface area contributed by atoms with E-state index in [1.807, 2.05) is 0 Å². The van der Waals surface area contributed by atoms with E-state index in [0.29, 0.717) is 0 Å². The molecule has 1 N–H and O–H groups in total. The minimum Gasteiger partial charge on any atom is -0.312 e. The molecule has 1 saturated carbocycles. The second-order valence-corrected chi connectivity index (χ2v) is 7.11. The highest BCUT2D eigenvalue weighted by Crippen LogP contribution is 2.49. The number of hydrogen-bond donors (Lipinski definition) is 1. The maximum atomic E-state index is 3.69. The minimum atomic E-state index is 0.234. The molecule has 2 heteroatoms. The van der Waals surface area contributed by atoms with Crippen molar-refractivity contribution in [1.82, 2.24) is 5.32 Å². The summed E-state index contributed by atoms with van der Waals surface area (Å²) in [5.74, 6) is 1.56. The van der Waals surface area contributed by atoms with E-state index in [0.717, 1.165) is 18.4 Å². The summed E-state index contributed by atoms with van der Waals surface area (Å²) in [6.45, 7) is 9.96. The van der Waals surface area contributed by atoms with Crippen LogP contribution in [-0.2, 0) is 0 Å². The lowest BCUT2D eigenvalue weighted by atomic mass is 10.1. The third-order valence-electron chi connectivity index (χ3n) is 3.37. The predicted molar refractivity (Wildman–Crippen MR) is 77.5 cm³/mol. The van der Waals surface area contributed by atoms with Gasteiger partial charge in [0, 0.05) is 10.0 Å². The van der Waals surface area contributed by atoms with Gasteiger partial charge < -0.3 is 5.32 Å². The van der Waals surface area contributed by atoms with Crippen molar-refractivity contribution in [3.05, 3.63) is 33.8 Å². The molecular formula is C15H22BrN. The number of halogens is 1. The van der Waals surface area contributed by atoms with Crippen molar-refractivity contribution in [1.29, 1.82) is 0 Å². The average Bonchev–Trinajstić information content (AvgIpc) is 2.93. The molecule has 0 spiro atoms. The zero-order valence-corrected chi connectivity index (χ0v) is 12.8. The fourth-order valence-electron chi connectivity index (χ4n) is 2.22. The first kappa shape index (κ1) is 13.1. The Balaban J connectivity index is 1.94. The molecule has 1 nitrogen and oxygen atoms in total. The van der Waals surface area contributed by atoms with E-state index >= 15 is 0 Å². The van der Waals surface area contributed by atoms with E-state index in [1.165, 1.54) is 22.0 Å². The van der Waals surface area contributed by atoms with Crippen LogP contribution in [0, 0.1) is 12.8 Å². The van der Waals surface area contributed by atoms with Gasteiger partial charge in [-0.05, 0) is 69.7 Å². The summed E-state index contributed by atoms with van der Waals surface area (Å²) in [7, 11) is 0. The monoisotopic (exact) mass is 295 g/mol. The van der Waals surface area contributed by atoms with Gasteiger partial charge in [-0.1, -0.05) is 28.1 Å². The molecule has 1 aromatic rings. The molecule has 1 aliphatic carbocycles. The van der Waals surface area contributed by atoms with Gasteiger partial charge in [0.1, 0.15) is 0 Å². The molecule has 0 radical (unpaired) electrons. The SMILES string of the molecule is Cc1ccc(C2CC2CNC(C)(C)C)c(Br)c1. The first-order chi connectivity index (χ1) is 7.87. The first-order valence-corrected chi connectivity index (χ1v) is 7.17. The summed E-state index contributed by atoms with van der Waals surface area (Å²) < 4.78 is 1.28. The molecule has 0 heterocycles. The molecule has 0 bridgehead atoms. The third-order valence-corrected chi connectivity index (χ3v) is 4.06. The Morgan fingerprint density at radius 2 is 2.06 bits per heavy atom. The Morgan fingerprint density at radius 3 is 2.65 bits per heavy atom. The lowest BCUT2D eigenvalue weighted by Gasteiger charge is -2.20. The Kier molecular flexibility index (Phi) is 3.65. The van der Waals surface area contributed by atoms with Crippen molar-refractivity contribution in [2.24, 2.45) is 5.92 Å². The molecule has 1 fully saturated rings. The van der Waals surface area contributed by atoms with Crippen LogP contribution in [0.25, 0.3) is 0 Å². The Bertz CT molecular complexity index is 406. The first-order valence-electron chi connectivity index (χ1n) is 6.38. The second kappa shape index (κ2) is 4.74. The smallest absolute Gasteiger partial charge is 0.0212 e. The molecule has 94 valence electrons. The average molecular weight is 296 g/mol. The molecule has 17 heavy (non-hydrogen) atoms. The van der Waals surface area contributed by atoms with Crippen LogP contribution >= 0.6 is 15.9 Å². The van der Waals surface area contributed by atoms with Crippen LogP contribution in [-0.4, -0.2) is 12.1 Å². The number of rotatable bonds is 3. The van der Waals surface area contributed by atoms with Crippen molar-refractivity contribution in [2.75, 3.05) is 6.54 Å². The van der Waals surface area contributed by atoms with Crippen LogP contribution in [0.2, 0.25) is 0 Å². The van der Waals surface area contributed by atoms with Crippen molar-refractivity contribution < 1.29 is 0 Å².